The summed E-state index contributed by atoms with van der Waals surface area (Å²) in [5, 5.41) is 0. The standard InChI is InChI=1S/C25H30N10O2/c1-32-4-6-33(7-5-32)23(36)17-12-19(16-27-13-17)35-3-2-20-21(18-14-28-24(26)29-15-18)30-25(31-22(20)35)34-8-10-37-11-9-34/h12-16H,2-11H2,1H3,(H2,26,28,29). The number of carbonyl (C=O) groups is 1. The normalized spacial score (nSPS) is 18.2. The summed E-state index contributed by atoms with van der Waals surface area (Å²) in [6.07, 6.45) is 7.59. The maximum atomic E-state index is 13.2. The van der Waals surface area contributed by atoms with Crippen LogP contribution in [0, 0.1) is 0 Å². The number of morpholine rings is 1. The van der Waals surface area contributed by atoms with Crippen molar-refractivity contribution < 1.29 is 9.53 Å². The number of nitrogen functional groups attached to an aromatic ring is 1. The van der Waals surface area contributed by atoms with Crippen LogP contribution in [0.5, 0.6) is 0 Å². The summed E-state index contributed by atoms with van der Waals surface area (Å²) in [6.45, 7) is 6.57. The van der Waals surface area contributed by atoms with Crippen LogP contribution in [0.15, 0.2) is 30.9 Å². The van der Waals surface area contributed by atoms with Crippen molar-refractivity contribution >= 4 is 29.3 Å². The first-order valence-corrected chi connectivity index (χ1v) is 12.6. The SMILES string of the molecule is CN1CCN(C(=O)c2cncc(N3CCc4c(-c5cnc(N)nc5)nc(N5CCOCC5)nc43)c2)CC1. The Morgan fingerprint density at radius 2 is 1.70 bits per heavy atom. The van der Waals surface area contributed by atoms with Gasteiger partial charge in [0, 0.05) is 75.5 Å². The van der Waals surface area contributed by atoms with E-state index in [0.717, 1.165) is 60.9 Å². The number of hydrogen-bond donors (Lipinski definition) is 1. The lowest BCUT2D eigenvalue weighted by atomic mass is 10.1. The molecule has 0 aromatic carbocycles. The van der Waals surface area contributed by atoms with E-state index >= 15 is 0 Å². The first-order chi connectivity index (χ1) is 18.1. The third kappa shape index (κ3) is 4.65. The van der Waals surface area contributed by atoms with Gasteiger partial charge in [-0.3, -0.25) is 9.78 Å². The lowest BCUT2D eigenvalue weighted by molar-refractivity contribution is 0.0663. The zero-order chi connectivity index (χ0) is 25.4. The second-order valence-electron chi connectivity index (χ2n) is 9.53. The Kier molecular flexibility index (Phi) is 6.26. The highest BCUT2D eigenvalue weighted by molar-refractivity contribution is 5.95. The van der Waals surface area contributed by atoms with Crippen LogP contribution in [0.1, 0.15) is 15.9 Å². The summed E-state index contributed by atoms with van der Waals surface area (Å²) in [5.41, 5.74) is 9.77. The fourth-order valence-electron chi connectivity index (χ4n) is 4.98. The molecular weight excluding hydrogens is 472 g/mol. The van der Waals surface area contributed by atoms with Gasteiger partial charge in [-0.15, -0.1) is 0 Å². The number of ether oxygens (including phenoxy) is 1. The molecule has 3 aliphatic rings. The van der Waals surface area contributed by atoms with E-state index in [-0.39, 0.29) is 11.9 Å². The maximum absolute atomic E-state index is 13.2. The van der Waals surface area contributed by atoms with Gasteiger partial charge < -0.3 is 30.1 Å². The van der Waals surface area contributed by atoms with Gasteiger partial charge in [0.25, 0.3) is 5.91 Å². The van der Waals surface area contributed by atoms with Crippen molar-refractivity contribution in [2.45, 2.75) is 6.42 Å². The van der Waals surface area contributed by atoms with Crippen molar-refractivity contribution in [2.75, 3.05) is 81.6 Å². The van der Waals surface area contributed by atoms with Crippen molar-refractivity contribution in [3.05, 3.63) is 42.0 Å². The number of likely N-dealkylation sites (N-methyl/N-ethyl adjacent to an activating group) is 1. The Morgan fingerprint density at radius 1 is 0.946 bits per heavy atom. The van der Waals surface area contributed by atoms with E-state index in [1.807, 2.05) is 11.0 Å². The molecule has 0 radical (unpaired) electrons. The summed E-state index contributed by atoms with van der Waals surface area (Å²) in [6, 6.07) is 1.92. The molecule has 6 rings (SSSR count). The first-order valence-electron chi connectivity index (χ1n) is 12.6. The van der Waals surface area contributed by atoms with Crippen molar-refractivity contribution in [3.63, 3.8) is 0 Å². The molecule has 2 saturated heterocycles. The predicted octanol–water partition coefficient (Wildman–Crippen LogP) is 0.829. The second-order valence-corrected chi connectivity index (χ2v) is 9.53. The third-order valence-electron chi connectivity index (χ3n) is 7.13. The van der Waals surface area contributed by atoms with E-state index in [9.17, 15) is 4.79 Å². The van der Waals surface area contributed by atoms with Crippen LogP contribution in [-0.4, -0.2) is 107 Å². The molecular formula is C25H30N10O2. The predicted molar refractivity (Wildman–Crippen MR) is 139 cm³/mol. The van der Waals surface area contributed by atoms with Crippen LogP contribution in [0.3, 0.4) is 0 Å². The van der Waals surface area contributed by atoms with Gasteiger partial charge in [0.2, 0.25) is 11.9 Å². The van der Waals surface area contributed by atoms with E-state index in [1.165, 1.54) is 0 Å². The molecule has 0 bridgehead atoms. The van der Waals surface area contributed by atoms with Gasteiger partial charge in [-0.25, -0.2) is 15.0 Å². The highest BCUT2D eigenvalue weighted by Gasteiger charge is 2.30. The number of fused-ring (bicyclic) bond motifs is 1. The fourth-order valence-corrected chi connectivity index (χ4v) is 4.98. The third-order valence-corrected chi connectivity index (χ3v) is 7.13. The minimum absolute atomic E-state index is 0.0123. The van der Waals surface area contributed by atoms with Gasteiger partial charge in [-0.05, 0) is 19.5 Å². The molecule has 3 aliphatic heterocycles. The molecule has 2 N–H and O–H groups in total. The van der Waals surface area contributed by atoms with E-state index in [2.05, 4.69) is 36.7 Å². The fraction of sp³-hybridized carbons (Fsp3) is 0.440. The molecule has 0 unspecified atom stereocenters. The number of nitrogens with zero attached hydrogens (tertiary/aromatic N) is 9. The molecule has 12 heteroatoms. The van der Waals surface area contributed by atoms with Gasteiger partial charge in [0.15, 0.2) is 0 Å². The Hall–Kier alpha value is -3.90. The van der Waals surface area contributed by atoms with Crippen molar-refractivity contribution in [2.24, 2.45) is 0 Å². The molecule has 12 nitrogen and oxygen atoms in total. The van der Waals surface area contributed by atoms with Crippen LogP contribution in [0.25, 0.3) is 11.3 Å². The largest absolute Gasteiger partial charge is 0.378 e. The number of piperazine rings is 1. The Balaban J connectivity index is 1.37. The molecule has 0 atom stereocenters. The highest BCUT2D eigenvalue weighted by Crippen LogP contribution is 2.39. The lowest BCUT2D eigenvalue weighted by Gasteiger charge is -2.32. The van der Waals surface area contributed by atoms with Gasteiger partial charge in [0.05, 0.1) is 36.4 Å². The number of amides is 1. The summed E-state index contributed by atoms with van der Waals surface area (Å²) in [5.74, 6) is 1.68. The van der Waals surface area contributed by atoms with Crippen LogP contribution in [-0.2, 0) is 11.2 Å². The Bertz CT molecular complexity index is 1290. The summed E-state index contributed by atoms with van der Waals surface area (Å²) in [4.78, 5) is 44.4. The minimum atomic E-state index is 0.0123. The molecule has 37 heavy (non-hydrogen) atoms. The van der Waals surface area contributed by atoms with Crippen molar-refractivity contribution in [1.82, 2.24) is 34.7 Å². The van der Waals surface area contributed by atoms with Crippen LogP contribution < -0.4 is 15.5 Å². The monoisotopic (exact) mass is 502 g/mol. The summed E-state index contributed by atoms with van der Waals surface area (Å²) >= 11 is 0. The topological polar surface area (TPSA) is 130 Å². The van der Waals surface area contributed by atoms with Crippen LogP contribution in [0.2, 0.25) is 0 Å². The molecule has 0 saturated carbocycles. The van der Waals surface area contributed by atoms with Crippen molar-refractivity contribution in [3.8, 4) is 11.3 Å². The highest BCUT2D eigenvalue weighted by atomic mass is 16.5. The van der Waals surface area contributed by atoms with Crippen LogP contribution in [0.4, 0.5) is 23.4 Å². The van der Waals surface area contributed by atoms with Crippen LogP contribution >= 0.6 is 0 Å². The number of hydrogen-bond acceptors (Lipinski definition) is 11. The smallest absolute Gasteiger partial charge is 0.255 e. The minimum Gasteiger partial charge on any atom is -0.378 e. The number of aromatic nitrogens is 5. The van der Waals surface area contributed by atoms with E-state index in [0.29, 0.717) is 44.4 Å². The van der Waals surface area contributed by atoms with Gasteiger partial charge in [0.1, 0.15) is 5.82 Å². The molecule has 6 heterocycles. The summed E-state index contributed by atoms with van der Waals surface area (Å²) in [7, 11) is 2.08. The van der Waals surface area contributed by atoms with E-state index in [1.54, 1.807) is 24.8 Å². The molecule has 0 aliphatic carbocycles. The molecule has 2 fully saturated rings. The molecule has 3 aromatic rings. The molecule has 192 valence electrons. The second kappa shape index (κ2) is 9.87. The van der Waals surface area contributed by atoms with E-state index in [4.69, 9.17) is 20.4 Å². The number of carbonyl (C=O) groups excluding carboxylic acids is 1. The van der Waals surface area contributed by atoms with E-state index < -0.39 is 0 Å². The molecule has 1 amide bonds. The number of rotatable bonds is 4. The molecule has 3 aromatic heterocycles. The zero-order valence-corrected chi connectivity index (χ0v) is 20.9. The summed E-state index contributed by atoms with van der Waals surface area (Å²) < 4.78 is 5.54. The zero-order valence-electron chi connectivity index (χ0n) is 20.9. The number of nitrogens with two attached hydrogens (primary N) is 1. The van der Waals surface area contributed by atoms with Gasteiger partial charge in [-0.1, -0.05) is 0 Å². The van der Waals surface area contributed by atoms with Gasteiger partial charge >= 0.3 is 0 Å². The first kappa shape index (κ1) is 23.5. The van der Waals surface area contributed by atoms with Crippen molar-refractivity contribution in [1.29, 1.82) is 0 Å². The Labute approximate surface area is 215 Å². The Morgan fingerprint density at radius 3 is 2.46 bits per heavy atom. The number of anilines is 4. The average molecular weight is 503 g/mol. The van der Waals surface area contributed by atoms with Gasteiger partial charge in [-0.2, -0.15) is 4.98 Å². The lowest BCUT2D eigenvalue weighted by Crippen LogP contribution is -2.47. The molecule has 0 spiro atoms. The quantitative estimate of drug-likeness (QED) is 0.544. The average Bonchev–Trinajstić information content (AvgIpc) is 3.38. The maximum Gasteiger partial charge on any atom is 0.255 e. The number of pyridine rings is 1.